The van der Waals surface area contributed by atoms with Crippen molar-refractivity contribution in [3.8, 4) is 11.5 Å². The number of aromatic nitrogens is 2. The van der Waals surface area contributed by atoms with Crippen molar-refractivity contribution in [2.24, 2.45) is 0 Å². The van der Waals surface area contributed by atoms with E-state index in [2.05, 4.69) is 10.3 Å². The maximum absolute atomic E-state index is 13.4. The second-order valence-electron chi connectivity index (χ2n) is 5.53. The van der Waals surface area contributed by atoms with Gasteiger partial charge >= 0.3 is 0 Å². The largest absolute Gasteiger partial charge is 0.486 e. The second kappa shape index (κ2) is 6.04. The van der Waals surface area contributed by atoms with Crippen LogP contribution >= 0.6 is 0 Å². The molecule has 0 unspecified atom stereocenters. The molecule has 0 atom stereocenters. The summed E-state index contributed by atoms with van der Waals surface area (Å²) < 4.78 is 39.0. The molecule has 1 aliphatic heterocycles. The van der Waals surface area contributed by atoms with Crippen molar-refractivity contribution >= 4 is 22.6 Å². The zero-order chi connectivity index (χ0) is 17.4. The predicted octanol–water partition coefficient (Wildman–Crippen LogP) is 2.72. The van der Waals surface area contributed by atoms with Gasteiger partial charge in [0.1, 0.15) is 19.8 Å². The number of benzene rings is 2. The first kappa shape index (κ1) is 15.4. The van der Waals surface area contributed by atoms with Crippen LogP contribution in [-0.4, -0.2) is 28.7 Å². The summed E-state index contributed by atoms with van der Waals surface area (Å²) in [5.74, 6) is -1.10. The molecule has 2 heterocycles. The fourth-order valence-corrected chi connectivity index (χ4v) is 2.66. The Labute approximate surface area is 141 Å². The van der Waals surface area contributed by atoms with Gasteiger partial charge in [-0.05, 0) is 12.1 Å². The van der Waals surface area contributed by atoms with Crippen molar-refractivity contribution in [1.29, 1.82) is 0 Å². The van der Waals surface area contributed by atoms with E-state index in [-0.39, 0.29) is 18.0 Å². The van der Waals surface area contributed by atoms with Crippen LogP contribution in [0.15, 0.2) is 36.7 Å². The minimum Gasteiger partial charge on any atom is -0.486 e. The maximum atomic E-state index is 13.4. The number of ether oxygens (including phenoxy) is 2. The number of fused-ring (bicyclic) bond motifs is 2. The zero-order valence-corrected chi connectivity index (χ0v) is 13.0. The van der Waals surface area contributed by atoms with E-state index in [1.54, 1.807) is 18.2 Å². The maximum Gasteiger partial charge on any atom is 0.244 e. The van der Waals surface area contributed by atoms with E-state index in [1.807, 2.05) is 0 Å². The highest BCUT2D eigenvalue weighted by atomic mass is 19.2. The fraction of sp³-hybridized carbons (Fsp3) is 0.176. The molecule has 1 amide bonds. The Bertz CT molecular complexity index is 971. The van der Waals surface area contributed by atoms with Crippen LogP contribution in [0.2, 0.25) is 0 Å². The third-order valence-electron chi connectivity index (χ3n) is 3.80. The van der Waals surface area contributed by atoms with Crippen molar-refractivity contribution < 1.29 is 23.0 Å². The number of carbonyl (C=O) groups excluding carboxylic acids is 1. The standard InChI is InChI=1S/C17H13F2N3O3/c18-11-6-13-14(7-12(11)19)22(9-20-13)8-17(23)21-10-1-2-15-16(5-10)25-4-3-24-15/h1-2,5-7,9H,3-4,8H2,(H,21,23). The topological polar surface area (TPSA) is 65.4 Å². The first-order valence-corrected chi connectivity index (χ1v) is 7.59. The molecule has 4 rings (SSSR count). The Kier molecular flexibility index (Phi) is 3.72. The van der Waals surface area contributed by atoms with Crippen LogP contribution in [0.3, 0.4) is 0 Å². The molecule has 1 aromatic heterocycles. The van der Waals surface area contributed by atoms with Gasteiger partial charge in [0, 0.05) is 23.9 Å². The van der Waals surface area contributed by atoms with Crippen molar-refractivity contribution in [3.05, 3.63) is 48.3 Å². The molecule has 6 nitrogen and oxygen atoms in total. The van der Waals surface area contributed by atoms with Crippen molar-refractivity contribution in [3.63, 3.8) is 0 Å². The molecule has 1 aliphatic rings. The minimum absolute atomic E-state index is 0.0873. The van der Waals surface area contributed by atoms with Crippen LogP contribution in [0.25, 0.3) is 11.0 Å². The molecule has 2 aromatic carbocycles. The lowest BCUT2D eigenvalue weighted by atomic mass is 10.2. The van der Waals surface area contributed by atoms with Crippen LogP contribution in [-0.2, 0) is 11.3 Å². The van der Waals surface area contributed by atoms with E-state index in [0.717, 1.165) is 12.1 Å². The van der Waals surface area contributed by atoms with Gasteiger partial charge in [-0.1, -0.05) is 0 Å². The van der Waals surface area contributed by atoms with Gasteiger partial charge in [0.2, 0.25) is 5.91 Å². The molecule has 0 radical (unpaired) electrons. The summed E-state index contributed by atoms with van der Waals surface area (Å²) in [6, 6.07) is 7.11. The number of nitrogens with one attached hydrogen (secondary N) is 1. The molecular formula is C17H13F2N3O3. The fourth-order valence-electron chi connectivity index (χ4n) is 2.66. The van der Waals surface area contributed by atoms with Gasteiger partial charge in [0.25, 0.3) is 0 Å². The van der Waals surface area contributed by atoms with E-state index >= 15 is 0 Å². The predicted molar refractivity (Wildman–Crippen MR) is 85.7 cm³/mol. The molecule has 0 fully saturated rings. The number of imidazole rings is 1. The van der Waals surface area contributed by atoms with E-state index in [0.29, 0.717) is 35.9 Å². The second-order valence-corrected chi connectivity index (χ2v) is 5.53. The molecule has 0 bridgehead atoms. The highest BCUT2D eigenvalue weighted by molar-refractivity contribution is 5.92. The number of hydrogen-bond acceptors (Lipinski definition) is 4. The molecule has 3 aromatic rings. The highest BCUT2D eigenvalue weighted by Gasteiger charge is 2.14. The zero-order valence-electron chi connectivity index (χ0n) is 13.0. The summed E-state index contributed by atoms with van der Waals surface area (Å²) in [7, 11) is 0. The molecule has 0 saturated carbocycles. The average molecular weight is 345 g/mol. The number of rotatable bonds is 3. The van der Waals surface area contributed by atoms with Gasteiger partial charge < -0.3 is 19.4 Å². The monoisotopic (exact) mass is 345 g/mol. The highest BCUT2D eigenvalue weighted by Crippen LogP contribution is 2.32. The quantitative estimate of drug-likeness (QED) is 0.793. The lowest BCUT2D eigenvalue weighted by Gasteiger charge is -2.19. The van der Waals surface area contributed by atoms with Crippen LogP contribution in [0.1, 0.15) is 0 Å². The summed E-state index contributed by atoms with van der Waals surface area (Å²) in [6.45, 7) is 0.854. The van der Waals surface area contributed by atoms with Crippen molar-refractivity contribution in [2.45, 2.75) is 6.54 Å². The van der Waals surface area contributed by atoms with Crippen LogP contribution in [0, 0.1) is 11.6 Å². The molecule has 1 N–H and O–H groups in total. The number of carbonyl (C=O) groups is 1. The van der Waals surface area contributed by atoms with Gasteiger partial charge in [-0.15, -0.1) is 0 Å². The average Bonchev–Trinajstić information content (AvgIpc) is 2.97. The number of anilines is 1. The smallest absolute Gasteiger partial charge is 0.244 e. The molecular weight excluding hydrogens is 332 g/mol. The molecule has 0 spiro atoms. The number of nitrogens with zero attached hydrogens (tertiary/aromatic N) is 2. The number of halogens is 2. The Morgan fingerprint density at radius 2 is 1.88 bits per heavy atom. The lowest BCUT2D eigenvalue weighted by molar-refractivity contribution is -0.116. The summed E-state index contributed by atoms with van der Waals surface area (Å²) in [6.07, 6.45) is 1.37. The normalized spacial score (nSPS) is 13.0. The first-order valence-electron chi connectivity index (χ1n) is 7.59. The van der Waals surface area contributed by atoms with Gasteiger partial charge in [0.05, 0.1) is 17.4 Å². The van der Waals surface area contributed by atoms with Crippen molar-refractivity contribution in [2.75, 3.05) is 18.5 Å². The molecule has 8 heteroatoms. The van der Waals surface area contributed by atoms with Gasteiger partial charge in [0.15, 0.2) is 23.1 Å². The first-order chi connectivity index (χ1) is 12.1. The third-order valence-corrected chi connectivity index (χ3v) is 3.80. The summed E-state index contributed by atoms with van der Waals surface area (Å²) in [5, 5.41) is 2.73. The minimum atomic E-state index is -0.985. The van der Waals surface area contributed by atoms with Gasteiger partial charge in [-0.3, -0.25) is 4.79 Å². The number of amides is 1. The van der Waals surface area contributed by atoms with E-state index < -0.39 is 11.6 Å². The SMILES string of the molecule is O=C(Cn1cnc2cc(F)c(F)cc21)Nc1ccc2c(c1)OCCO2. The Morgan fingerprint density at radius 1 is 1.12 bits per heavy atom. The van der Waals surface area contributed by atoms with Crippen LogP contribution in [0.5, 0.6) is 11.5 Å². The molecule has 128 valence electrons. The summed E-state index contributed by atoms with van der Waals surface area (Å²) in [4.78, 5) is 16.2. The molecule has 25 heavy (non-hydrogen) atoms. The van der Waals surface area contributed by atoms with Gasteiger partial charge in [-0.2, -0.15) is 0 Å². The van der Waals surface area contributed by atoms with Crippen LogP contribution < -0.4 is 14.8 Å². The van der Waals surface area contributed by atoms with E-state index in [1.165, 1.54) is 10.9 Å². The molecule has 0 saturated heterocycles. The Morgan fingerprint density at radius 3 is 2.72 bits per heavy atom. The van der Waals surface area contributed by atoms with Crippen LogP contribution in [0.4, 0.5) is 14.5 Å². The lowest BCUT2D eigenvalue weighted by Crippen LogP contribution is -2.19. The third kappa shape index (κ3) is 2.98. The van der Waals surface area contributed by atoms with E-state index in [4.69, 9.17) is 9.47 Å². The van der Waals surface area contributed by atoms with Gasteiger partial charge in [-0.25, -0.2) is 13.8 Å². The molecule has 0 aliphatic carbocycles. The van der Waals surface area contributed by atoms with Crippen molar-refractivity contribution in [1.82, 2.24) is 9.55 Å². The number of hydrogen-bond donors (Lipinski definition) is 1. The summed E-state index contributed by atoms with van der Waals surface area (Å²) in [5.41, 5.74) is 1.18. The Balaban J connectivity index is 1.52. The Hall–Kier alpha value is -3.16. The van der Waals surface area contributed by atoms with E-state index in [9.17, 15) is 13.6 Å². The summed E-state index contributed by atoms with van der Waals surface area (Å²) >= 11 is 0.